The van der Waals surface area contributed by atoms with Crippen LogP contribution in [0.2, 0.25) is 0 Å². The van der Waals surface area contributed by atoms with E-state index >= 15 is 0 Å². The van der Waals surface area contributed by atoms with Crippen LogP contribution in [0.1, 0.15) is 47.0 Å². The quantitative estimate of drug-likeness (QED) is 0.451. The van der Waals surface area contributed by atoms with Gasteiger partial charge in [0.15, 0.2) is 0 Å². The van der Waals surface area contributed by atoms with E-state index in [1.807, 2.05) is 0 Å². The average molecular weight is 316 g/mol. The van der Waals surface area contributed by atoms with Crippen LogP contribution >= 0.6 is 26.3 Å². The third-order valence-corrected chi connectivity index (χ3v) is 15.8. The van der Waals surface area contributed by atoms with Crippen molar-refractivity contribution in [3.05, 3.63) is 0 Å². The van der Waals surface area contributed by atoms with Gasteiger partial charge >= 0.3 is 97.9 Å². The molecule has 2 heteroatoms. The van der Waals surface area contributed by atoms with Gasteiger partial charge in [0.1, 0.15) is 0 Å². The predicted octanol–water partition coefficient (Wildman–Crippen LogP) is 5.14. The Morgan fingerprint density at radius 1 is 0.769 bits per heavy atom. The summed E-state index contributed by atoms with van der Waals surface area (Å²) in [4.78, 5) is 0. The summed E-state index contributed by atoms with van der Waals surface area (Å²) in [6.07, 6.45) is 10.2. The molecule has 0 aromatic rings. The summed E-state index contributed by atoms with van der Waals surface area (Å²) < 4.78 is -1.27. The van der Waals surface area contributed by atoms with Gasteiger partial charge in [-0.15, -0.1) is 0 Å². The summed E-state index contributed by atoms with van der Waals surface area (Å²) in [5, 5.41) is 0. The summed E-state index contributed by atoms with van der Waals surface area (Å²) >= 11 is 2.90. The zero-order chi connectivity index (χ0) is 10.4. The van der Waals surface area contributed by atoms with Crippen molar-refractivity contribution >= 4 is 26.3 Å². The fourth-order valence-corrected chi connectivity index (χ4v) is 11.8. The molecule has 0 aliphatic heterocycles. The molecule has 0 nitrogen and oxygen atoms in total. The zero-order valence-corrected chi connectivity index (χ0v) is 12.8. The molecule has 0 spiro atoms. The van der Waals surface area contributed by atoms with E-state index in [1.54, 1.807) is 0 Å². The second kappa shape index (κ2) is 5.90. The molecule has 0 saturated heterocycles. The molecule has 0 N–H and O–H groups in total. The molecule has 0 radical (unpaired) electrons. The molecule has 0 amide bonds. The van der Waals surface area contributed by atoms with Crippen molar-refractivity contribution in [3.63, 3.8) is 0 Å². The van der Waals surface area contributed by atoms with E-state index in [2.05, 4.69) is 49.7 Å². The second-order valence-electron chi connectivity index (χ2n) is 4.31. The molecular formula is C11H26IP. The molecule has 82 valence electrons. The van der Waals surface area contributed by atoms with Gasteiger partial charge in [-0.1, -0.05) is 0 Å². The normalized spacial score (nSPS) is 15.3. The molecule has 0 fully saturated rings. The van der Waals surface area contributed by atoms with Crippen molar-refractivity contribution < 1.29 is 0 Å². The summed E-state index contributed by atoms with van der Waals surface area (Å²) in [7, 11) is 0. The second-order valence-corrected chi connectivity index (χ2v) is 18.1. The van der Waals surface area contributed by atoms with E-state index in [0.717, 1.165) is 0 Å². The number of rotatable bonds is 7. The Balaban J connectivity index is 4.58. The van der Waals surface area contributed by atoms with Gasteiger partial charge in [0.2, 0.25) is 0 Å². The van der Waals surface area contributed by atoms with Crippen molar-refractivity contribution in [1.29, 1.82) is 0 Å². The van der Waals surface area contributed by atoms with Gasteiger partial charge in [-0.3, -0.25) is 0 Å². The van der Waals surface area contributed by atoms with Crippen molar-refractivity contribution in [2.24, 2.45) is 0 Å². The Kier molecular flexibility index (Phi) is 6.43. The molecule has 0 atom stereocenters. The van der Waals surface area contributed by atoms with E-state index < -0.39 is 4.25 Å². The third kappa shape index (κ3) is 4.03. The van der Waals surface area contributed by atoms with E-state index in [9.17, 15) is 0 Å². The van der Waals surface area contributed by atoms with Gasteiger partial charge in [-0.2, -0.15) is 0 Å². The summed E-state index contributed by atoms with van der Waals surface area (Å²) in [5.74, 6) is 0. The Morgan fingerprint density at radius 2 is 1.08 bits per heavy atom. The topological polar surface area (TPSA) is 0 Å². The first-order chi connectivity index (χ1) is 6.04. The molecule has 0 rings (SSSR count). The Labute approximate surface area is 97.7 Å². The summed E-state index contributed by atoms with van der Waals surface area (Å²) in [6, 6.07) is 0. The van der Waals surface area contributed by atoms with E-state index in [0.29, 0.717) is 0 Å². The Bertz CT molecular complexity index is 125. The van der Waals surface area contributed by atoms with Crippen LogP contribution in [0.3, 0.4) is 0 Å². The van der Waals surface area contributed by atoms with E-state index in [1.165, 1.54) is 43.9 Å². The van der Waals surface area contributed by atoms with Gasteiger partial charge in [0.25, 0.3) is 0 Å². The molecule has 0 aromatic carbocycles. The van der Waals surface area contributed by atoms with Gasteiger partial charge in [0, 0.05) is 0 Å². The van der Waals surface area contributed by atoms with Crippen molar-refractivity contribution in [3.8, 4) is 0 Å². The van der Waals surface area contributed by atoms with Gasteiger partial charge < -0.3 is 0 Å². The molecule has 0 heterocycles. The first-order valence-electron chi connectivity index (χ1n) is 5.76. The van der Waals surface area contributed by atoms with Crippen LogP contribution in [0.15, 0.2) is 0 Å². The van der Waals surface area contributed by atoms with Crippen LogP contribution in [0.4, 0.5) is 0 Å². The number of hydrogen-bond acceptors (Lipinski definition) is 0. The monoisotopic (exact) mass is 316 g/mol. The number of hydrogen-bond donors (Lipinski definition) is 0. The van der Waals surface area contributed by atoms with Gasteiger partial charge in [-0.25, -0.2) is 0 Å². The third-order valence-electron chi connectivity index (χ3n) is 3.14. The maximum absolute atomic E-state index is 2.90. The SMILES string of the molecule is CCCP(I)(CC)(CCC)CCC. The Hall–Kier alpha value is 1.16. The molecule has 0 aromatic heterocycles. The standard InChI is InChI=1S/C11H26IP/c1-5-9-13(12,8-4,10-6-2)11-7-3/h5-11H2,1-4H3. The summed E-state index contributed by atoms with van der Waals surface area (Å²) in [6.45, 7) is 9.47. The molecule has 13 heavy (non-hydrogen) atoms. The molecule has 0 aliphatic carbocycles. The molecule has 0 unspecified atom stereocenters. The fourth-order valence-electron chi connectivity index (χ4n) is 2.49. The molecule has 0 saturated carbocycles. The average Bonchev–Trinajstić information content (AvgIpc) is 2.06. The van der Waals surface area contributed by atoms with E-state index in [4.69, 9.17) is 0 Å². The minimum absolute atomic E-state index is 1.27. The van der Waals surface area contributed by atoms with Crippen molar-refractivity contribution in [2.45, 2.75) is 47.0 Å². The van der Waals surface area contributed by atoms with Crippen LogP contribution in [-0.2, 0) is 0 Å². The predicted molar refractivity (Wildman–Crippen MR) is 77.0 cm³/mol. The Morgan fingerprint density at radius 3 is 1.23 bits per heavy atom. The first kappa shape index (κ1) is 14.2. The zero-order valence-electron chi connectivity index (χ0n) is 9.77. The minimum atomic E-state index is -1.27. The molecular weight excluding hydrogens is 290 g/mol. The summed E-state index contributed by atoms with van der Waals surface area (Å²) in [5.41, 5.74) is 0. The molecule has 0 aliphatic rings. The van der Waals surface area contributed by atoms with Crippen molar-refractivity contribution in [1.82, 2.24) is 0 Å². The van der Waals surface area contributed by atoms with Crippen LogP contribution in [-0.4, -0.2) is 24.6 Å². The number of halogens is 1. The van der Waals surface area contributed by atoms with Crippen LogP contribution in [0.5, 0.6) is 0 Å². The van der Waals surface area contributed by atoms with Gasteiger partial charge in [-0.05, 0) is 0 Å². The first-order valence-corrected chi connectivity index (χ1v) is 11.5. The molecule has 0 bridgehead atoms. The van der Waals surface area contributed by atoms with Gasteiger partial charge in [0.05, 0.1) is 0 Å². The van der Waals surface area contributed by atoms with Crippen LogP contribution in [0.25, 0.3) is 0 Å². The fraction of sp³-hybridized carbons (Fsp3) is 1.00. The maximum atomic E-state index is 2.90. The van der Waals surface area contributed by atoms with Crippen LogP contribution < -0.4 is 0 Å². The van der Waals surface area contributed by atoms with E-state index in [-0.39, 0.29) is 0 Å². The van der Waals surface area contributed by atoms with Crippen molar-refractivity contribution in [2.75, 3.05) is 24.6 Å². The van der Waals surface area contributed by atoms with Crippen LogP contribution in [0, 0.1) is 0 Å².